The smallest absolute Gasteiger partial charge is 0.266 e. The number of pyridine rings is 1. The molecule has 0 atom stereocenters. The number of hydrogen-bond acceptors (Lipinski definition) is 5. The summed E-state index contributed by atoms with van der Waals surface area (Å²) in [5, 5.41) is 8.29. The van der Waals surface area contributed by atoms with Crippen molar-refractivity contribution in [1.82, 2.24) is 9.71 Å². The molecule has 0 aliphatic heterocycles. The van der Waals surface area contributed by atoms with Crippen molar-refractivity contribution >= 4 is 21.6 Å². The van der Waals surface area contributed by atoms with Gasteiger partial charge in [0.15, 0.2) is 0 Å². The topological polar surface area (TPSA) is 108 Å². The van der Waals surface area contributed by atoms with Gasteiger partial charge in [-0.3, -0.25) is 4.79 Å². The van der Waals surface area contributed by atoms with Crippen LogP contribution in [-0.4, -0.2) is 44.9 Å². The summed E-state index contributed by atoms with van der Waals surface area (Å²) >= 11 is 5.56. The molecule has 0 aromatic carbocycles. The second-order valence-corrected chi connectivity index (χ2v) is 5.77. The second kappa shape index (κ2) is 7.61. The zero-order valence-electron chi connectivity index (χ0n) is 10.1. The van der Waals surface area contributed by atoms with E-state index in [2.05, 4.69) is 9.71 Å². The van der Waals surface area contributed by atoms with Crippen LogP contribution in [0.5, 0.6) is 0 Å². The Morgan fingerprint density at radius 2 is 2.16 bits per heavy atom. The summed E-state index contributed by atoms with van der Waals surface area (Å²) in [6.07, 6.45) is 1.55. The highest BCUT2D eigenvalue weighted by Crippen LogP contribution is 2.10. The van der Waals surface area contributed by atoms with Gasteiger partial charge < -0.3 is 14.8 Å². The van der Waals surface area contributed by atoms with E-state index in [9.17, 15) is 13.2 Å². The number of ether oxygens (including phenoxy) is 1. The largest absolute Gasteiger partial charge is 0.394 e. The number of aliphatic hydroxyl groups is 1. The third-order valence-electron chi connectivity index (χ3n) is 2.13. The van der Waals surface area contributed by atoms with Crippen molar-refractivity contribution in [2.24, 2.45) is 0 Å². The van der Waals surface area contributed by atoms with Gasteiger partial charge in [0.1, 0.15) is 5.02 Å². The number of nitrogens with one attached hydrogen (secondary N) is 2. The lowest BCUT2D eigenvalue weighted by Gasteiger charge is -2.07. The highest BCUT2D eigenvalue weighted by Gasteiger charge is 2.14. The zero-order valence-corrected chi connectivity index (χ0v) is 11.6. The van der Waals surface area contributed by atoms with Crippen LogP contribution in [0.2, 0.25) is 5.02 Å². The second-order valence-electron chi connectivity index (χ2n) is 3.60. The zero-order chi connectivity index (χ0) is 14.3. The number of aromatic nitrogens is 1. The number of H-pyrrole nitrogens is 1. The molecule has 0 spiro atoms. The minimum Gasteiger partial charge on any atom is -0.394 e. The van der Waals surface area contributed by atoms with Crippen molar-refractivity contribution in [3.63, 3.8) is 0 Å². The first-order valence-electron chi connectivity index (χ1n) is 5.54. The quantitative estimate of drug-likeness (QED) is 0.572. The van der Waals surface area contributed by atoms with Gasteiger partial charge in [-0.1, -0.05) is 11.6 Å². The van der Waals surface area contributed by atoms with Gasteiger partial charge in [0.2, 0.25) is 10.0 Å². The molecule has 0 radical (unpaired) electrons. The molecule has 0 bridgehead atoms. The van der Waals surface area contributed by atoms with E-state index in [0.29, 0.717) is 13.0 Å². The normalized spacial score (nSPS) is 11.7. The number of halogens is 1. The van der Waals surface area contributed by atoms with Gasteiger partial charge >= 0.3 is 0 Å². The summed E-state index contributed by atoms with van der Waals surface area (Å²) in [6.45, 7) is 0.684. The molecule has 0 unspecified atom stereocenters. The third kappa shape index (κ3) is 5.29. The molecule has 7 nitrogen and oxygen atoms in total. The van der Waals surface area contributed by atoms with Crippen molar-refractivity contribution in [3.05, 3.63) is 27.6 Å². The van der Waals surface area contributed by atoms with Crippen LogP contribution in [0, 0.1) is 0 Å². The summed E-state index contributed by atoms with van der Waals surface area (Å²) < 4.78 is 31.0. The lowest BCUT2D eigenvalue weighted by Crippen LogP contribution is -2.26. The van der Waals surface area contributed by atoms with Gasteiger partial charge in [0.05, 0.1) is 18.1 Å². The average molecular weight is 311 g/mol. The van der Waals surface area contributed by atoms with Gasteiger partial charge in [-0.15, -0.1) is 0 Å². The van der Waals surface area contributed by atoms with Gasteiger partial charge in [-0.2, -0.15) is 0 Å². The van der Waals surface area contributed by atoms with E-state index in [-0.39, 0.29) is 29.7 Å². The molecule has 3 N–H and O–H groups in total. The molecule has 0 fully saturated rings. The van der Waals surface area contributed by atoms with Crippen molar-refractivity contribution in [2.75, 3.05) is 26.4 Å². The minimum atomic E-state index is -3.70. The van der Waals surface area contributed by atoms with Crippen molar-refractivity contribution in [2.45, 2.75) is 11.3 Å². The van der Waals surface area contributed by atoms with E-state index >= 15 is 0 Å². The van der Waals surface area contributed by atoms with E-state index in [1.807, 2.05) is 0 Å². The molecular formula is C10H15ClN2O5S. The predicted octanol–water partition coefficient (Wildman–Crippen LogP) is -0.294. The molecule has 9 heteroatoms. The van der Waals surface area contributed by atoms with Gasteiger partial charge in [-0.25, -0.2) is 13.1 Å². The molecule has 0 saturated heterocycles. The molecule has 0 aliphatic carbocycles. The Balaban J connectivity index is 2.51. The Morgan fingerprint density at radius 3 is 2.79 bits per heavy atom. The van der Waals surface area contributed by atoms with E-state index in [4.69, 9.17) is 21.4 Å². The summed E-state index contributed by atoms with van der Waals surface area (Å²) in [5.41, 5.74) is -0.543. The summed E-state index contributed by atoms with van der Waals surface area (Å²) in [6, 6.07) is 1.09. The lowest BCUT2D eigenvalue weighted by molar-refractivity contribution is 0.0913. The molecule has 108 valence electrons. The summed E-state index contributed by atoms with van der Waals surface area (Å²) in [5.74, 6) is 0. The fraction of sp³-hybridized carbons (Fsp3) is 0.500. The Labute approximate surface area is 115 Å². The summed E-state index contributed by atoms with van der Waals surface area (Å²) in [4.78, 5) is 13.1. The number of sulfonamides is 1. The van der Waals surface area contributed by atoms with Crippen LogP contribution in [0.25, 0.3) is 0 Å². The van der Waals surface area contributed by atoms with Gasteiger partial charge in [-0.05, 0) is 12.5 Å². The standard InChI is InChI=1S/C10H15ClN2O5S/c11-9-6-8(7-12-10(9)15)19(16,17)13-2-1-4-18-5-3-14/h6-7,13-14H,1-5H2,(H,12,15). The Hall–Kier alpha value is -0.930. The molecule has 1 aromatic rings. The van der Waals surface area contributed by atoms with Crippen LogP contribution in [0.4, 0.5) is 0 Å². The first-order valence-corrected chi connectivity index (χ1v) is 7.40. The molecule has 19 heavy (non-hydrogen) atoms. The fourth-order valence-electron chi connectivity index (χ4n) is 1.22. The maximum Gasteiger partial charge on any atom is 0.266 e. The number of hydrogen-bond donors (Lipinski definition) is 3. The van der Waals surface area contributed by atoms with Crippen molar-refractivity contribution < 1.29 is 18.3 Å². The molecule has 0 aliphatic rings. The van der Waals surface area contributed by atoms with Gasteiger partial charge in [0.25, 0.3) is 5.56 Å². The third-order valence-corrected chi connectivity index (χ3v) is 3.86. The lowest BCUT2D eigenvalue weighted by atomic mass is 10.5. The van der Waals surface area contributed by atoms with E-state index in [1.165, 1.54) is 0 Å². The molecule has 1 rings (SSSR count). The molecular weight excluding hydrogens is 296 g/mol. The Kier molecular flexibility index (Phi) is 6.46. The summed E-state index contributed by atoms with van der Waals surface area (Å²) in [7, 11) is -3.70. The Bertz CT molecular complexity index is 557. The van der Waals surface area contributed by atoms with Gasteiger partial charge in [0, 0.05) is 19.3 Å². The SMILES string of the molecule is O=c1[nH]cc(S(=O)(=O)NCCCOCCO)cc1Cl. The number of aliphatic hydroxyl groups excluding tert-OH is 1. The van der Waals surface area contributed by atoms with E-state index in [0.717, 1.165) is 12.3 Å². The molecule has 1 heterocycles. The van der Waals surface area contributed by atoms with Crippen molar-refractivity contribution in [3.8, 4) is 0 Å². The number of rotatable bonds is 8. The van der Waals surface area contributed by atoms with E-state index in [1.54, 1.807) is 0 Å². The molecule has 0 saturated carbocycles. The maximum atomic E-state index is 11.8. The van der Waals surface area contributed by atoms with E-state index < -0.39 is 15.6 Å². The van der Waals surface area contributed by atoms with Crippen LogP contribution in [0.15, 0.2) is 22.0 Å². The first kappa shape index (κ1) is 16.1. The average Bonchev–Trinajstić information content (AvgIpc) is 2.36. The molecule has 1 aromatic heterocycles. The highest BCUT2D eigenvalue weighted by atomic mass is 35.5. The monoisotopic (exact) mass is 310 g/mol. The Morgan fingerprint density at radius 1 is 1.42 bits per heavy atom. The van der Waals surface area contributed by atoms with Crippen LogP contribution in [0.3, 0.4) is 0 Å². The minimum absolute atomic E-state index is 0.0679. The van der Waals surface area contributed by atoms with Crippen LogP contribution < -0.4 is 10.3 Å². The highest BCUT2D eigenvalue weighted by molar-refractivity contribution is 7.89. The van der Waals surface area contributed by atoms with Crippen molar-refractivity contribution in [1.29, 1.82) is 0 Å². The molecule has 0 amide bonds. The van der Waals surface area contributed by atoms with Crippen LogP contribution >= 0.6 is 11.6 Å². The maximum absolute atomic E-state index is 11.8. The fourth-order valence-corrected chi connectivity index (χ4v) is 2.53. The number of aromatic amines is 1. The first-order chi connectivity index (χ1) is 8.97. The van der Waals surface area contributed by atoms with Crippen LogP contribution in [-0.2, 0) is 14.8 Å². The van der Waals surface area contributed by atoms with Crippen LogP contribution in [0.1, 0.15) is 6.42 Å². The predicted molar refractivity (Wildman–Crippen MR) is 69.8 cm³/mol.